The molecule has 0 spiro atoms. The molecule has 5 N–H and O–H groups in total. The summed E-state index contributed by atoms with van der Waals surface area (Å²) in [6, 6.07) is 7.70. The Balaban J connectivity index is 1.53. The standard InChI is InChI=1S/C29H32BrN10O2P/c1-32-14-17(13-31)18-11-22(24(42-2)12-23(18)40-10-9-34-25(41)16-40)38-29-36-15-19(30)28(39-29)37-21-6-5-20-26(27(21)43(3)4)35-8-7-33-20/h5-8,11-15,31-32H,9-10,16H2,1-4H3,(H,34,41)(H2,36,37,38,39)/b17-14+,31-13?. The Labute approximate surface area is 259 Å². The monoisotopic (exact) mass is 662 g/mol. The number of rotatable bonds is 10. The summed E-state index contributed by atoms with van der Waals surface area (Å²) in [5.41, 5.74) is 5.38. The summed E-state index contributed by atoms with van der Waals surface area (Å²) in [4.78, 5) is 32.5. The highest BCUT2D eigenvalue weighted by atomic mass is 79.9. The van der Waals surface area contributed by atoms with Gasteiger partial charge in [-0.2, -0.15) is 4.98 Å². The van der Waals surface area contributed by atoms with Crippen molar-refractivity contribution >= 4 is 86.7 Å². The highest BCUT2D eigenvalue weighted by Gasteiger charge is 2.23. The molecule has 0 atom stereocenters. The number of fused-ring (bicyclic) bond motifs is 1. The van der Waals surface area contributed by atoms with Crippen LogP contribution in [0.5, 0.6) is 5.75 Å². The number of anilines is 5. The van der Waals surface area contributed by atoms with Crippen LogP contribution in [0.1, 0.15) is 5.56 Å². The van der Waals surface area contributed by atoms with Crippen LogP contribution in [0.15, 0.2) is 53.5 Å². The number of piperazine rings is 1. The molecule has 222 valence electrons. The number of methoxy groups -OCH3 is 1. The number of benzene rings is 2. The van der Waals surface area contributed by atoms with E-state index in [1.54, 1.807) is 38.9 Å². The molecule has 0 bridgehead atoms. The maximum absolute atomic E-state index is 12.2. The number of ether oxygens (including phenoxy) is 1. The van der Waals surface area contributed by atoms with E-state index >= 15 is 0 Å². The van der Waals surface area contributed by atoms with Gasteiger partial charge in [0.1, 0.15) is 11.6 Å². The molecule has 12 nitrogen and oxygen atoms in total. The first-order chi connectivity index (χ1) is 20.8. The largest absolute Gasteiger partial charge is 0.494 e. The second kappa shape index (κ2) is 13.3. The maximum atomic E-state index is 12.2. The number of aromatic nitrogens is 4. The molecule has 1 aliphatic heterocycles. The SMILES string of the molecule is CN/C=C(\C=N)c1cc(Nc2ncc(Br)c(Nc3ccc4nccnc4c3P(C)C)n2)c(OC)cc1N1CCNC(=O)C1. The van der Waals surface area contributed by atoms with Gasteiger partial charge >= 0.3 is 0 Å². The van der Waals surface area contributed by atoms with E-state index < -0.39 is 7.92 Å². The minimum Gasteiger partial charge on any atom is -0.494 e. The van der Waals surface area contributed by atoms with Crippen molar-refractivity contribution in [2.24, 2.45) is 0 Å². The summed E-state index contributed by atoms with van der Waals surface area (Å²) in [5, 5.41) is 21.8. The van der Waals surface area contributed by atoms with E-state index in [1.165, 1.54) is 6.21 Å². The van der Waals surface area contributed by atoms with Gasteiger partial charge in [0, 0.05) is 85.0 Å². The van der Waals surface area contributed by atoms with Crippen molar-refractivity contribution in [2.45, 2.75) is 0 Å². The molecule has 5 rings (SSSR count). The minimum atomic E-state index is -0.516. The lowest BCUT2D eigenvalue weighted by molar-refractivity contribution is -0.120. The smallest absolute Gasteiger partial charge is 0.239 e. The third-order valence-electron chi connectivity index (χ3n) is 6.77. The average Bonchev–Trinajstić information content (AvgIpc) is 3.01. The summed E-state index contributed by atoms with van der Waals surface area (Å²) < 4.78 is 6.45. The molecule has 0 radical (unpaired) electrons. The van der Waals surface area contributed by atoms with Crippen molar-refractivity contribution in [3.05, 3.63) is 59.1 Å². The van der Waals surface area contributed by atoms with Gasteiger partial charge in [0.05, 0.1) is 34.8 Å². The van der Waals surface area contributed by atoms with Crippen molar-refractivity contribution in [3.63, 3.8) is 0 Å². The first-order valence-corrected chi connectivity index (χ1v) is 16.5. The predicted molar refractivity (Wildman–Crippen MR) is 178 cm³/mol. The number of allylic oxidation sites excluding steroid dienone is 1. The highest BCUT2D eigenvalue weighted by molar-refractivity contribution is 9.10. The zero-order valence-electron chi connectivity index (χ0n) is 24.2. The van der Waals surface area contributed by atoms with Gasteiger partial charge in [-0.05, 0) is 47.5 Å². The van der Waals surface area contributed by atoms with Crippen LogP contribution in [0, 0.1) is 5.41 Å². The fourth-order valence-electron chi connectivity index (χ4n) is 4.86. The molecule has 2 aromatic carbocycles. The van der Waals surface area contributed by atoms with Crippen molar-refractivity contribution in [3.8, 4) is 5.75 Å². The normalized spacial score (nSPS) is 13.6. The molecular formula is C29H32BrN10O2P. The molecule has 43 heavy (non-hydrogen) atoms. The van der Waals surface area contributed by atoms with Crippen LogP contribution in [0.4, 0.5) is 28.8 Å². The van der Waals surface area contributed by atoms with Gasteiger partial charge in [-0.15, -0.1) is 0 Å². The summed E-state index contributed by atoms with van der Waals surface area (Å²) in [6.45, 7) is 5.73. The number of hydrogen-bond donors (Lipinski definition) is 5. The number of carbonyl (C=O) groups is 1. The Kier molecular flexibility index (Phi) is 9.32. The van der Waals surface area contributed by atoms with E-state index in [0.29, 0.717) is 46.3 Å². The third-order valence-corrected chi connectivity index (χ3v) is 8.70. The van der Waals surface area contributed by atoms with Crippen molar-refractivity contribution in [1.82, 2.24) is 30.6 Å². The van der Waals surface area contributed by atoms with Crippen molar-refractivity contribution < 1.29 is 9.53 Å². The second-order valence-electron chi connectivity index (χ2n) is 9.79. The fraction of sp³-hybridized carbons (Fsp3) is 0.241. The lowest BCUT2D eigenvalue weighted by Crippen LogP contribution is -2.48. The fourth-order valence-corrected chi connectivity index (χ4v) is 6.36. The zero-order chi connectivity index (χ0) is 30.5. The quantitative estimate of drug-likeness (QED) is 0.123. The molecule has 0 aliphatic carbocycles. The molecule has 1 aliphatic rings. The average molecular weight is 664 g/mol. The molecule has 4 aromatic rings. The van der Waals surface area contributed by atoms with Crippen LogP contribution in [-0.4, -0.2) is 79.2 Å². The molecule has 14 heteroatoms. The zero-order valence-corrected chi connectivity index (χ0v) is 26.7. The van der Waals surface area contributed by atoms with Crippen LogP contribution in [0.3, 0.4) is 0 Å². The summed E-state index contributed by atoms with van der Waals surface area (Å²) in [6.07, 6.45) is 8.10. The summed E-state index contributed by atoms with van der Waals surface area (Å²) in [7, 11) is 2.84. The Bertz CT molecular complexity index is 1710. The van der Waals surface area contributed by atoms with Crippen LogP contribution >= 0.6 is 23.9 Å². The lowest BCUT2D eigenvalue weighted by atomic mass is 10.0. The summed E-state index contributed by atoms with van der Waals surface area (Å²) in [5.74, 6) is 1.39. The van der Waals surface area contributed by atoms with Gasteiger partial charge in [0.25, 0.3) is 0 Å². The van der Waals surface area contributed by atoms with E-state index in [1.807, 2.05) is 29.2 Å². The first-order valence-electron chi connectivity index (χ1n) is 13.4. The molecule has 3 heterocycles. The van der Waals surface area contributed by atoms with Crippen LogP contribution in [-0.2, 0) is 4.79 Å². The lowest BCUT2D eigenvalue weighted by Gasteiger charge is -2.31. The van der Waals surface area contributed by atoms with Crippen LogP contribution in [0.2, 0.25) is 0 Å². The second-order valence-corrected chi connectivity index (χ2v) is 12.9. The predicted octanol–water partition coefficient (Wildman–Crippen LogP) is 4.19. The van der Waals surface area contributed by atoms with Gasteiger partial charge < -0.3 is 36.3 Å². The molecule has 1 saturated heterocycles. The molecule has 2 aromatic heterocycles. The van der Waals surface area contributed by atoms with E-state index in [9.17, 15) is 4.79 Å². The third kappa shape index (κ3) is 6.52. The van der Waals surface area contributed by atoms with Crippen molar-refractivity contribution in [2.75, 3.05) is 62.7 Å². The molecule has 1 fully saturated rings. The number of hydrogen-bond acceptors (Lipinski definition) is 11. The minimum absolute atomic E-state index is 0.0593. The molecule has 0 unspecified atom stereocenters. The van der Waals surface area contributed by atoms with Crippen LogP contribution < -0.4 is 36.2 Å². The highest BCUT2D eigenvalue weighted by Crippen LogP contribution is 2.39. The Morgan fingerprint density at radius 1 is 1.16 bits per heavy atom. The van der Waals surface area contributed by atoms with Crippen molar-refractivity contribution in [1.29, 1.82) is 5.41 Å². The number of nitrogens with zero attached hydrogens (tertiary/aromatic N) is 5. The van der Waals surface area contributed by atoms with Gasteiger partial charge in [-0.3, -0.25) is 14.8 Å². The topological polar surface area (TPSA) is 153 Å². The Morgan fingerprint density at radius 3 is 2.70 bits per heavy atom. The molecular weight excluding hydrogens is 631 g/mol. The number of carbonyl (C=O) groups excluding carboxylic acids is 1. The Morgan fingerprint density at radius 2 is 1.98 bits per heavy atom. The number of amides is 1. The first kappa shape index (κ1) is 30.1. The van der Waals surface area contributed by atoms with E-state index in [4.69, 9.17) is 15.1 Å². The van der Waals surface area contributed by atoms with E-state index in [0.717, 1.165) is 33.3 Å². The van der Waals surface area contributed by atoms with E-state index in [-0.39, 0.29) is 12.5 Å². The van der Waals surface area contributed by atoms with E-state index in [2.05, 4.69) is 65.5 Å². The number of nitrogens with one attached hydrogen (secondary N) is 5. The van der Waals surface area contributed by atoms with Crippen LogP contribution in [0.25, 0.3) is 16.6 Å². The Hall–Kier alpha value is -4.35. The van der Waals surface area contributed by atoms with Gasteiger partial charge in [-0.25, -0.2) is 4.98 Å². The molecule has 1 amide bonds. The van der Waals surface area contributed by atoms with Gasteiger partial charge in [0.2, 0.25) is 11.9 Å². The molecule has 0 saturated carbocycles. The number of halogens is 1. The summed E-state index contributed by atoms with van der Waals surface area (Å²) >= 11 is 3.59. The van der Waals surface area contributed by atoms with Gasteiger partial charge in [0.15, 0.2) is 0 Å². The maximum Gasteiger partial charge on any atom is 0.239 e. The van der Waals surface area contributed by atoms with Gasteiger partial charge in [-0.1, -0.05) is 7.92 Å².